The smallest absolute Gasteiger partial charge is 0.258 e. The first-order chi connectivity index (χ1) is 14.2. The van der Waals surface area contributed by atoms with Gasteiger partial charge in [0.05, 0.1) is 6.04 Å². The van der Waals surface area contributed by atoms with Gasteiger partial charge in [0.25, 0.3) is 5.91 Å². The molecule has 1 unspecified atom stereocenters. The number of nitrogens with zero attached hydrogens (tertiary/aromatic N) is 2. The van der Waals surface area contributed by atoms with Gasteiger partial charge in [-0.3, -0.25) is 9.69 Å². The number of hydrogen-bond donors (Lipinski definition) is 1. The minimum absolute atomic E-state index is 0.0252. The highest BCUT2D eigenvalue weighted by Crippen LogP contribution is 2.24. The van der Waals surface area contributed by atoms with Crippen LogP contribution in [0.4, 0.5) is 0 Å². The molecule has 1 N–H and O–H groups in total. The average molecular weight is 410 g/mol. The molecule has 5 nitrogen and oxygen atoms in total. The Hall–Kier alpha value is -2.41. The zero-order chi connectivity index (χ0) is 20.1. The number of carbonyl (C=O) groups is 1. The molecule has 1 aliphatic rings. The number of hydrogen-bond acceptors (Lipinski definition) is 5. The highest BCUT2D eigenvalue weighted by Gasteiger charge is 2.24. The van der Waals surface area contributed by atoms with Crippen molar-refractivity contribution in [2.75, 3.05) is 46.4 Å². The number of carbonyl (C=O) groups excluding carboxylic acids is 1. The minimum Gasteiger partial charge on any atom is -0.484 e. The zero-order valence-corrected chi connectivity index (χ0v) is 17.5. The molecule has 1 saturated heterocycles. The van der Waals surface area contributed by atoms with Crippen LogP contribution in [0.1, 0.15) is 11.6 Å². The van der Waals surface area contributed by atoms with E-state index in [-0.39, 0.29) is 18.6 Å². The van der Waals surface area contributed by atoms with Crippen LogP contribution in [0.15, 0.2) is 59.3 Å². The molecular formula is C23H27N3O2S. The van der Waals surface area contributed by atoms with Crippen LogP contribution in [-0.2, 0) is 4.79 Å². The summed E-state index contributed by atoms with van der Waals surface area (Å²) in [6.45, 7) is 4.76. The first-order valence-corrected chi connectivity index (χ1v) is 11.0. The van der Waals surface area contributed by atoms with Gasteiger partial charge in [0, 0.05) is 32.7 Å². The average Bonchev–Trinajstić information content (AvgIpc) is 3.28. The van der Waals surface area contributed by atoms with Crippen LogP contribution in [-0.4, -0.2) is 62.1 Å². The van der Waals surface area contributed by atoms with Gasteiger partial charge in [-0.1, -0.05) is 30.3 Å². The van der Waals surface area contributed by atoms with E-state index in [0.29, 0.717) is 12.3 Å². The molecule has 0 radical (unpaired) electrons. The molecule has 1 atom stereocenters. The maximum Gasteiger partial charge on any atom is 0.258 e. The molecule has 1 aliphatic heterocycles. The van der Waals surface area contributed by atoms with Gasteiger partial charge in [-0.05, 0) is 52.3 Å². The van der Waals surface area contributed by atoms with Crippen molar-refractivity contribution in [1.82, 2.24) is 15.1 Å². The molecule has 0 saturated carbocycles. The first kappa shape index (κ1) is 19.9. The van der Waals surface area contributed by atoms with Gasteiger partial charge in [0.15, 0.2) is 6.61 Å². The fourth-order valence-corrected chi connectivity index (χ4v) is 4.43. The van der Waals surface area contributed by atoms with Crippen LogP contribution in [0, 0.1) is 0 Å². The third kappa shape index (κ3) is 5.15. The molecule has 0 aliphatic carbocycles. The molecule has 1 amide bonds. The molecule has 2 heterocycles. The third-order valence-electron chi connectivity index (χ3n) is 5.49. The summed E-state index contributed by atoms with van der Waals surface area (Å²) in [6.07, 6.45) is 0. The summed E-state index contributed by atoms with van der Waals surface area (Å²) in [5, 5.41) is 9.63. The van der Waals surface area contributed by atoms with E-state index in [1.165, 1.54) is 5.56 Å². The molecule has 1 aromatic heterocycles. The van der Waals surface area contributed by atoms with Gasteiger partial charge < -0.3 is 15.0 Å². The number of ether oxygens (including phenoxy) is 1. The van der Waals surface area contributed by atoms with Crippen molar-refractivity contribution in [2.45, 2.75) is 6.04 Å². The molecule has 29 heavy (non-hydrogen) atoms. The molecule has 4 rings (SSSR count). The van der Waals surface area contributed by atoms with Gasteiger partial charge in [-0.25, -0.2) is 0 Å². The highest BCUT2D eigenvalue weighted by atomic mass is 32.1. The monoisotopic (exact) mass is 409 g/mol. The SMILES string of the molecule is CN1CCN(C(CNC(=O)COc2ccc3ccccc3c2)c2ccsc2)CC1. The number of nitrogens with one attached hydrogen (secondary N) is 1. The second-order valence-electron chi connectivity index (χ2n) is 7.51. The van der Waals surface area contributed by atoms with Crippen molar-refractivity contribution in [3.8, 4) is 5.75 Å². The molecule has 0 spiro atoms. The van der Waals surface area contributed by atoms with Gasteiger partial charge in [0.2, 0.25) is 0 Å². The summed E-state index contributed by atoms with van der Waals surface area (Å²) in [5.41, 5.74) is 1.27. The maximum atomic E-state index is 12.4. The Balaban J connectivity index is 1.32. The van der Waals surface area contributed by atoms with Crippen molar-refractivity contribution < 1.29 is 9.53 Å². The van der Waals surface area contributed by atoms with Crippen LogP contribution in [0.2, 0.25) is 0 Å². The van der Waals surface area contributed by atoms with Crippen LogP contribution in [0.25, 0.3) is 10.8 Å². The van der Waals surface area contributed by atoms with E-state index >= 15 is 0 Å². The van der Waals surface area contributed by atoms with E-state index in [4.69, 9.17) is 4.74 Å². The summed E-state index contributed by atoms with van der Waals surface area (Å²) in [5.74, 6) is 0.625. The summed E-state index contributed by atoms with van der Waals surface area (Å²) >= 11 is 1.70. The van der Waals surface area contributed by atoms with E-state index in [9.17, 15) is 4.79 Å². The van der Waals surface area contributed by atoms with Gasteiger partial charge in [-0.15, -0.1) is 0 Å². The molecule has 1 fully saturated rings. The number of fused-ring (bicyclic) bond motifs is 1. The number of piperazine rings is 1. The normalized spacial score (nSPS) is 16.6. The molecule has 3 aromatic rings. The number of rotatable bonds is 7. The van der Waals surface area contributed by atoms with E-state index in [0.717, 1.165) is 37.0 Å². The summed E-state index contributed by atoms with van der Waals surface area (Å²) in [6, 6.07) is 16.4. The standard InChI is InChI=1S/C23H27N3O2S/c1-25-9-11-26(12-10-25)22(20-8-13-29-17-20)15-24-23(27)16-28-21-7-6-18-4-2-3-5-19(18)14-21/h2-8,13-14,17,22H,9-12,15-16H2,1H3,(H,24,27). The van der Waals surface area contributed by atoms with Crippen molar-refractivity contribution >= 4 is 28.0 Å². The van der Waals surface area contributed by atoms with Crippen molar-refractivity contribution in [2.24, 2.45) is 0 Å². The van der Waals surface area contributed by atoms with E-state index in [1.54, 1.807) is 11.3 Å². The first-order valence-electron chi connectivity index (χ1n) is 10.0. The topological polar surface area (TPSA) is 44.8 Å². The van der Waals surface area contributed by atoms with Crippen LogP contribution in [0.3, 0.4) is 0 Å². The Morgan fingerprint density at radius 3 is 2.66 bits per heavy atom. The zero-order valence-electron chi connectivity index (χ0n) is 16.7. The van der Waals surface area contributed by atoms with Crippen molar-refractivity contribution in [1.29, 1.82) is 0 Å². The van der Waals surface area contributed by atoms with Crippen LogP contribution < -0.4 is 10.1 Å². The van der Waals surface area contributed by atoms with E-state index in [2.05, 4.69) is 45.1 Å². The van der Waals surface area contributed by atoms with E-state index < -0.39 is 0 Å². The number of benzene rings is 2. The fraction of sp³-hybridized carbons (Fsp3) is 0.348. The molecular weight excluding hydrogens is 382 g/mol. The molecule has 0 bridgehead atoms. The maximum absolute atomic E-state index is 12.4. The lowest BCUT2D eigenvalue weighted by molar-refractivity contribution is -0.123. The van der Waals surface area contributed by atoms with Crippen LogP contribution >= 0.6 is 11.3 Å². The Morgan fingerprint density at radius 1 is 1.10 bits per heavy atom. The van der Waals surface area contributed by atoms with Crippen molar-refractivity contribution in [3.63, 3.8) is 0 Å². The summed E-state index contributed by atoms with van der Waals surface area (Å²) in [7, 11) is 2.16. The second kappa shape index (κ2) is 9.39. The predicted molar refractivity (Wildman–Crippen MR) is 119 cm³/mol. The lowest BCUT2D eigenvalue weighted by Gasteiger charge is -2.38. The number of likely N-dealkylation sites (N-methyl/N-ethyl adjacent to an activating group) is 1. The Kier molecular flexibility index (Phi) is 6.44. The van der Waals surface area contributed by atoms with Crippen LogP contribution in [0.5, 0.6) is 5.75 Å². The molecule has 6 heteroatoms. The lowest BCUT2D eigenvalue weighted by Crippen LogP contribution is -2.48. The van der Waals surface area contributed by atoms with Gasteiger partial charge >= 0.3 is 0 Å². The summed E-state index contributed by atoms with van der Waals surface area (Å²) in [4.78, 5) is 17.2. The summed E-state index contributed by atoms with van der Waals surface area (Å²) < 4.78 is 5.73. The minimum atomic E-state index is -0.0903. The Morgan fingerprint density at radius 2 is 1.90 bits per heavy atom. The van der Waals surface area contributed by atoms with E-state index in [1.807, 2.05) is 36.4 Å². The van der Waals surface area contributed by atoms with Gasteiger partial charge in [0.1, 0.15) is 5.75 Å². The van der Waals surface area contributed by atoms with Crippen molar-refractivity contribution in [3.05, 3.63) is 64.9 Å². The second-order valence-corrected chi connectivity index (χ2v) is 8.29. The third-order valence-corrected chi connectivity index (χ3v) is 6.19. The van der Waals surface area contributed by atoms with Gasteiger partial charge in [-0.2, -0.15) is 11.3 Å². The molecule has 152 valence electrons. The number of thiophene rings is 1. The number of amides is 1. The highest BCUT2D eigenvalue weighted by molar-refractivity contribution is 7.07. The fourth-order valence-electron chi connectivity index (χ4n) is 3.72. The molecule has 2 aromatic carbocycles. The Bertz CT molecular complexity index is 936. The predicted octanol–water partition coefficient (Wildman–Crippen LogP) is 3.39. The quantitative estimate of drug-likeness (QED) is 0.650. The Labute approximate surface area is 175 Å². The largest absolute Gasteiger partial charge is 0.484 e. The lowest BCUT2D eigenvalue weighted by atomic mass is 10.1.